The first-order valence-electron chi connectivity index (χ1n) is 5.53. The smallest absolute Gasteiger partial charge is 0.220 e. The number of nitrogens with one attached hydrogen (secondary N) is 1. The van der Waals surface area contributed by atoms with Gasteiger partial charge in [0, 0.05) is 18.5 Å². The first-order chi connectivity index (χ1) is 7.65. The van der Waals surface area contributed by atoms with Gasteiger partial charge in [-0.1, -0.05) is 5.16 Å². The Morgan fingerprint density at radius 3 is 2.75 bits per heavy atom. The number of carbonyl (C=O) groups is 1. The van der Waals surface area contributed by atoms with E-state index in [1.54, 1.807) is 0 Å². The molecule has 5 heteroatoms. The molecule has 5 nitrogen and oxygen atoms in total. The van der Waals surface area contributed by atoms with Gasteiger partial charge in [-0.15, -0.1) is 0 Å². The molecule has 1 rings (SSSR count). The second kappa shape index (κ2) is 6.27. The molecule has 90 valence electrons. The van der Waals surface area contributed by atoms with E-state index >= 15 is 0 Å². The van der Waals surface area contributed by atoms with Crippen LogP contribution in [0.3, 0.4) is 0 Å². The van der Waals surface area contributed by atoms with Crippen molar-refractivity contribution in [2.24, 2.45) is 5.73 Å². The van der Waals surface area contributed by atoms with E-state index in [2.05, 4.69) is 10.5 Å². The van der Waals surface area contributed by atoms with Crippen molar-refractivity contribution in [1.29, 1.82) is 0 Å². The van der Waals surface area contributed by atoms with Crippen LogP contribution in [0.5, 0.6) is 0 Å². The fourth-order valence-corrected chi connectivity index (χ4v) is 1.46. The van der Waals surface area contributed by atoms with E-state index in [9.17, 15) is 4.79 Å². The normalized spacial score (nSPS) is 10.4. The maximum Gasteiger partial charge on any atom is 0.220 e. The van der Waals surface area contributed by atoms with Gasteiger partial charge in [-0.2, -0.15) is 0 Å². The van der Waals surface area contributed by atoms with E-state index < -0.39 is 0 Å². The predicted octanol–water partition coefficient (Wildman–Crippen LogP) is 1.04. The van der Waals surface area contributed by atoms with Crippen LogP contribution in [0.2, 0.25) is 0 Å². The van der Waals surface area contributed by atoms with Crippen molar-refractivity contribution in [2.75, 3.05) is 6.54 Å². The lowest BCUT2D eigenvalue weighted by molar-refractivity contribution is -0.121. The minimum atomic E-state index is 0.0495. The molecule has 0 radical (unpaired) electrons. The van der Waals surface area contributed by atoms with Gasteiger partial charge in [-0.05, 0) is 33.2 Å². The molecule has 0 aliphatic rings. The van der Waals surface area contributed by atoms with E-state index in [1.165, 1.54) is 0 Å². The zero-order chi connectivity index (χ0) is 12.0. The number of aromatic nitrogens is 1. The lowest BCUT2D eigenvalue weighted by Crippen LogP contribution is -2.23. The highest BCUT2D eigenvalue weighted by molar-refractivity contribution is 5.75. The van der Waals surface area contributed by atoms with Crippen LogP contribution in [0, 0.1) is 13.8 Å². The molecule has 0 saturated heterocycles. The van der Waals surface area contributed by atoms with E-state index in [0.717, 1.165) is 29.9 Å². The molecular formula is C11H19N3O2. The molecule has 1 amide bonds. The summed E-state index contributed by atoms with van der Waals surface area (Å²) in [5.41, 5.74) is 7.15. The van der Waals surface area contributed by atoms with Crippen LogP contribution in [0.15, 0.2) is 4.52 Å². The zero-order valence-electron chi connectivity index (χ0n) is 9.88. The molecule has 1 aromatic rings. The van der Waals surface area contributed by atoms with Crippen LogP contribution in [0.25, 0.3) is 0 Å². The zero-order valence-corrected chi connectivity index (χ0v) is 9.88. The van der Waals surface area contributed by atoms with Gasteiger partial charge in [0.15, 0.2) is 0 Å². The molecule has 0 fully saturated rings. The van der Waals surface area contributed by atoms with Gasteiger partial charge in [0.2, 0.25) is 5.91 Å². The van der Waals surface area contributed by atoms with Crippen LogP contribution < -0.4 is 11.1 Å². The van der Waals surface area contributed by atoms with E-state index in [1.807, 2.05) is 13.8 Å². The highest BCUT2D eigenvalue weighted by Crippen LogP contribution is 2.11. The van der Waals surface area contributed by atoms with Crippen LogP contribution in [-0.4, -0.2) is 17.6 Å². The lowest BCUT2D eigenvalue weighted by Gasteiger charge is -2.04. The number of nitrogens with zero attached hydrogens (tertiary/aromatic N) is 1. The summed E-state index contributed by atoms with van der Waals surface area (Å²) in [6.07, 6.45) is 2.25. The number of rotatable bonds is 6. The van der Waals surface area contributed by atoms with Gasteiger partial charge in [-0.25, -0.2) is 0 Å². The Bertz CT molecular complexity index is 327. The molecular weight excluding hydrogens is 206 g/mol. The predicted molar refractivity (Wildman–Crippen MR) is 60.7 cm³/mol. The van der Waals surface area contributed by atoms with E-state index in [0.29, 0.717) is 19.5 Å². The Labute approximate surface area is 95.4 Å². The summed E-state index contributed by atoms with van der Waals surface area (Å²) in [4.78, 5) is 11.4. The summed E-state index contributed by atoms with van der Waals surface area (Å²) in [7, 11) is 0. The van der Waals surface area contributed by atoms with Crippen molar-refractivity contribution in [3.05, 3.63) is 17.0 Å². The number of aryl methyl sites for hydroxylation is 2. The van der Waals surface area contributed by atoms with Gasteiger partial charge >= 0.3 is 0 Å². The number of amides is 1. The van der Waals surface area contributed by atoms with Crippen molar-refractivity contribution in [2.45, 2.75) is 39.7 Å². The fraction of sp³-hybridized carbons (Fsp3) is 0.636. The van der Waals surface area contributed by atoms with Crippen molar-refractivity contribution in [3.63, 3.8) is 0 Å². The fourth-order valence-electron chi connectivity index (χ4n) is 1.46. The average molecular weight is 225 g/mol. The van der Waals surface area contributed by atoms with Crippen molar-refractivity contribution < 1.29 is 9.32 Å². The largest absolute Gasteiger partial charge is 0.361 e. The van der Waals surface area contributed by atoms with Gasteiger partial charge < -0.3 is 15.6 Å². The summed E-state index contributed by atoms with van der Waals surface area (Å²) in [6.45, 7) is 4.84. The van der Waals surface area contributed by atoms with Gasteiger partial charge in [-0.3, -0.25) is 4.79 Å². The number of carbonyl (C=O) groups excluding carboxylic acids is 1. The number of hydrogen-bond acceptors (Lipinski definition) is 4. The maximum atomic E-state index is 11.4. The lowest BCUT2D eigenvalue weighted by atomic mass is 10.2. The van der Waals surface area contributed by atoms with Crippen LogP contribution in [0.4, 0.5) is 0 Å². The summed E-state index contributed by atoms with van der Waals surface area (Å²) in [5, 5.41) is 6.67. The van der Waals surface area contributed by atoms with Crippen molar-refractivity contribution in [3.8, 4) is 0 Å². The Kier molecular flexibility index (Phi) is 4.98. The Balaban J connectivity index is 2.32. The Hall–Kier alpha value is -1.36. The first kappa shape index (κ1) is 12.7. The molecule has 0 spiro atoms. The van der Waals surface area contributed by atoms with E-state index in [4.69, 9.17) is 10.3 Å². The molecule has 0 aliphatic heterocycles. The van der Waals surface area contributed by atoms with Gasteiger partial charge in [0.1, 0.15) is 5.76 Å². The second-order valence-electron chi connectivity index (χ2n) is 3.83. The molecule has 0 aliphatic carbocycles. The molecule has 1 aromatic heterocycles. The number of hydrogen-bond donors (Lipinski definition) is 2. The highest BCUT2D eigenvalue weighted by Gasteiger charge is 2.09. The SMILES string of the molecule is Cc1noc(C)c1CNC(=O)CCCCN. The quantitative estimate of drug-likeness (QED) is 0.709. The highest BCUT2D eigenvalue weighted by atomic mass is 16.5. The monoisotopic (exact) mass is 225 g/mol. The summed E-state index contributed by atoms with van der Waals surface area (Å²) in [6, 6.07) is 0. The standard InChI is InChI=1S/C11H19N3O2/c1-8-10(9(2)16-14-8)7-13-11(15)5-3-4-6-12/h3-7,12H2,1-2H3,(H,13,15). The Morgan fingerprint density at radius 2 is 2.19 bits per heavy atom. The first-order valence-corrected chi connectivity index (χ1v) is 5.53. The second-order valence-corrected chi connectivity index (χ2v) is 3.83. The van der Waals surface area contributed by atoms with Crippen molar-refractivity contribution >= 4 is 5.91 Å². The maximum absolute atomic E-state index is 11.4. The minimum Gasteiger partial charge on any atom is -0.361 e. The molecule has 0 unspecified atom stereocenters. The third kappa shape index (κ3) is 3.66. The molecule has 0 aromatic carbocycles. The molecule has 0 saturated carbocycles. The van der Waals surface area contributed by atoms with Crippen LogP contribution in [0.1, 0.15) is 36.3 Å². The number of unbranched alkanes of at least 4 members (excludes halogenated alkanes) is 1. The molecule has 3 N–H and O–H groups in total. The molecule has 16 heavy (non-hydrogen) atoms. The Morgan fingerprint density at radius 1 is 1.44 bits per heavy atom. The summed E-state index contributed by atoms with van der Waals surface area (Å²) >= 11 is 0. The van der Waals surface area contributed by atoms with Gasteiger partial charge in [0.25, 0.3) is 0 Å². The molecule has 0 atom stereocenters. The molecule has 1 heterocycles. The number of nitrogens with two attached hydrogens (primary N) is 1. The van der Waals surface area contributed by atoms with E-state index in [-0.39, 0.29) is 5.91 Å². The van der Waals surface area contributed by atoms with Crippen LogP contribution >= 0.6 is 0 Å². The van der Waals surface area contributed by atoms with Crippen LogP contribution in [-0.2, 0) is 11.3 Å². The summed E-state index contributed by atoms with van der Waals surface area (Å²) in [5.74, 6) is 0.813. The average Bonchev–Trinajstić information content (AvgIpc) is 2.57. The van der Waals surface area contributed by atoms with Gasteiger partial charge in [0.05, 0.1) is 5.69 Å². The third-order valence-electron chi connectivity index (χ3n) is 2.50. The van der Waals surface area contributed by atoms with Crippen molar-refractivity contribution in [1.82, 2.24) is 10.5 Å². The minimum absolute atomic E-state index is 0.0495. The third-order valence-corrected chi connectivity index (χ3v) is 2.50. The molecule has 0 bridgehead atoms. The topological polar surface area (TPSA) is 81.2 Å². The summed E-state index contributed by atoms with van der Waals surface area (Å²) < 4.78 is 5.01.